The van der Waals surface area contributed by atoms with E-state index in [0.717, 1.165) is 19.3 Å². The topological polar surface area (TPSA) is 88.0 Å². The smallest absolute Gasteiger partial charge is 0.353 e. The summed E-state index contributed by atoms with van der Waals surface area (Å²) in [7, 11) is 0. The molecule has 3 unspecified atom stereocenters. The van der Waals surface area contributed by atoms with E-state index in [1.54, 1.807) is 0 Å². The molecule has 1 fully saturated rings. The van der Waals surface area contributed by atoms with Gasteiger partial charge < -0.3 is 15.3 Å². The number of carbonyl (C=O) groups excluding carboxylic acids is 1. The Hall–Kier alpha value is -1.59. The SMILES string of the molecule is CCCC1CC1NC(=O)C1CC(C(=O)O)=NO1. The fourth-order valence-electron chi connectivity index (χ4n) is 2.03. The molecule has 0 aromatic rings. The number of carboxylic acids is 1. The minimum Gasteiger partial charge on any atom is -0.477 e. The summed E-state index contributed by atoms with van der Waals surface area (Å²) in [4.78, 5) is 27.1. The predicted octanol–water partition coefficient (Wildman–Crippen LogP) is 0.521. The van der Waals surface area contributed by atoms with Gasteiger partial charge in [0.1, 0.15) is 0 Å². The zero-order chi connectivity index (χ0) is 12.4. The van der Waals surface area contributed by atoms with Crippen LogP contribution in [0.4, 0.5) is 0 Å². The Morgan fingerprint density at radius 3 is 2.94 bits per heavy atom. The first-order chi connectivity index (χ1) is 8.11. The molecule has 0 spiro atoms. The highest BCUT2D eigenvalue weighted by atomic mass is 16.6. The van der Waals surface area contributed by atoms with E-state index in [4.69, 9.17) is 9.94 Å². The average molecular weight is 240 g/mol. The summed E-state index contributed by atoms with van der Waals surface area (Å²) in [6.07, 6.45) is 2.52. The van der Waals surface area contributed by atoms with Gasteiger partial charge in [-0.1, -0.05) is 18.5 Å². The monoisotopic (exact) mass is 240 g/mol. The third-order valence-corrected chi connectivity index (χ3v) is 3.12. The van der Waals surface area contributed by atoms with E-state index in [1.165, 1.54) is 0 Å². The number of oxime groups is 1. The number of nitrogens with one attached hydrogen (secondary N) is 1. The highest BCUT2D eigenvalue weighted by Crippen LogP contribution is 2.34. The number of carboxylic acid groups (broad SMARTS) is 1. The second-order valence-electron chi connectivity index (χ2n) is 4.54. The van der Waals surface area contributed by atoms with Crippen LogP contribution in [0.25, 0.3) is 0 Å². The van der Waals surface area contributed by atoms with Crippen molar-refractivity contribution in [3.05, 3.63) is 0 Å². The van der Waals surface area contributed by atoms with E-state index in [-0.39, 0.29) is 24.1 Å². The summed E-state index contributed by atoms with van der Waals surface area (Å²) in [6.45, 7) is 2.12. The molecule has 2 rings (SSSR count). The van der Waals surface area contributed by atoms with Crippen LogP contribution in [-0.4, -0.2) is 34.8 Å². The van der Waals surface area contributed by atoms with Gasteiger partial charge in [-0.25, -0.2) is 4.79 Å². The van der Waals surface area contributed by atoms with Crippen LogP contribution in [0.2, 0.25) is 0 Å². The molecule has 1 saturated carbocycles. The fourth-order valence-corrected chi connectivity index (χ4v) is 2.03. The van der Waals surface area contributed by atoms with Crippen LogP contribution in [-0.2, 0) is 14.4 Å². The van der Waals surface area contributed by atoms with E-state index in [2.05, 4.69) is 17.4 Å². The number of nitrogens with zero attached hydrogens (tertiary/aromatic N) is 1. The number of amides is 1. The van der Waals surface area contributed by atoms with E-state index in [1.807, 2.05) is 0 Å². The van der Waals surface area contributed by atoms with Crippen molar-refractivity contribution in [3.8, 4) is 0 Å². The van der Waals surface area contributed by atoms with Gasteiger partial charge in [-0.2, -0.15) is 0 Å². The molecule has 3 atom stereocenters. The molecule has 0 aromatic heterocycles. The maximum absolute atomic E-state index is 11.7. The third kappa shape index (κ3) is 2.75. The van der Waals surface area contributed by atoms with Crippen molar-refractivity contribution in [2.24, 2.45) is 11.1 Å². The number of carbonyl (C=O) groups is 2. The van der Waals surface area contributed by atoms with Crippen molar-refractivity contribution in [2.75, 3.05) is 0 Å². The van der Waals surface area contributed by atoms with Crippen LogP contribution in [0.5, 0.6) is 0 Å². The van der Waals surface area contributed by atoms with Gasteiger partial charge in [-0.05, 0) is 18.8 Å². The maximum atomic E-state index is 11.7. The summed E-state index contributed by atoms with van der Waals surface area (Å²) >= 11 is 0. The average Bonchev–Trinajstić information content (AvgIpc) is 2.83. The molecular weight excluding hydrogens is 224 g/mol. The first-order valence-corrected chi connectivity index (χ1v) is 5.88. The molecule has 0 aromatic carbocycles. The maximum Gasteiger partial charge on any atom is 0.353 e. The minimum atomic E-state index is -1.13. The zero-order valence-electron chi connectivity index (χ0n) is 9.68. The van der Waals surface area contributed by atoms with Crippen molar-refractivity contribution >= 4 is 17.6 Å². The van der Waals surface area contributed by atoms with Gasteiger partial charge in [-0.15, -0.1) is 0 Å². The van der Waals surface area contributed by atoms with Crippen LogP contribution in [0.1, 0.15) is 32.6 Å². The van der Waals surface area contributed by atoms with Gasteiger partial charge in [0.15, 0.2) is 5.71 Å². The summed E-state index contributed by atoms with van der Waals surface area (Å²) in [5.74, 6) is -0.811. The molecule has 0 radical (unpaired) electrons. The van der Waals surface area contributed by atoms with E-state index < -0.39 is 12.1 Å². The molecule has 1 aliphatic carbocycles. The molecule has 6 heteroatoms. The largest absolute Gasteiger partial charge is 0.477 e. The van der Waals surface area contributed by atoms with Crippen LogP contribution < -0.4 is 5.32 Å². The second kappa shape index (κ2) is 4.73. The molecule has 0 bridgehead atoms. The summed E-state index contributed by atoms with van der Waals surface area (Å²) in [5.41, 5.74) is -0.0916. The normalized spacial score (nSPS) is 30.4. The molecule has 1 amide bonds. The lowest BCUT2D eigenvalue weighted by Gasteiger charge is -2.08. The van der Waals surface area contributed by atoms with Gasteiger partial charge in [0.05, 0.1) is 0 Å². The van der Waals surface area contributed by atoms with Gasteiger partial charge in [-0.3, -0.25) is 4.79 Å². The second-order valence-corrected chi connectivity index (χ2v) is 4.54. The molecule has 0 saturated heterocycles. The highest BCUT2D eigenvalue weighted by molar-refractivity contribution is 6.36. The minimum absolute atomic E-state index is 0.0479. The van der Waals surface area contributed by atoms with E-state index in [0.29, 0.717) is 5.92 Å². The Bertz CT molecular complexity index is 366. The van der Waals surface area contributed by atoms with E-state index in [9.17, 15) is 9.59 Å². The molecule has 1 heterocycles. The van der Waals surface area contributed by atoms with E-state index >= 15 is 0 Å². The van der Waals surface area contributed by atoms with Gasteiger partial charge in [0, 0.05) is 12.5 Å². The summed E-state index contributed by atoms with van der Waals surface area (Å²) in [6, 6.07) is 0.236. The van der Waals surface area contributed by atoms with Crippen molar-refractivity contribution in [2.45, 2.75) is 44.8 Å². The Morgan fingerprint density at radius 1 is 1.59 bits per heavy atom. The van der Waals surface area contributed by atoms with Crippen LogP contribution in [0.3, 0.4) is 0 Å². The predicted molar refractivity (Wildman–Crippen MR) is 59.5 cm³/mol. The number of hydrogen-bond acceptors (Lipinski definition) is 4. The van der Waals surface area contributed by atoms with Gasteiger partial charge in [0.2, 0.25) is 6.10 Å². The molecule has 6 nitrogen and oxygen atoms in total. The lowest BCUT2D eigenvalue weighted by Crippen LogP contribution is -2.37. The number of aliphatic carboxylic acids is 1. The summed E-state index contributed by atoms with van der Waals surface area (Å²) < 4.78 is 0. The quantitative estimate of drug-likeness (QED) is 0.733. The van der Waals surface area contributed by atoms with Crippen molar-refractivity contribution in [1.29, 1.82) is 0 Å². The Balaban J connectivity index is 1.74. The molecule has 2 N–H and O–H groups in total. The van der Waals surface area contributed by atoms with Gasteiger partial charge >= 0.3 is 5.97 Å². The Labute approximate surface area is 99.0 Å². The standard InChI is InChI=1S/C11H16N2O4/c1-2-3-6-4-7(6)12-10(14)9-5-8(11(15)16)13-17-9/h6-7,9H,2-5H2,1H3,(H,12,14)(H,15,16). The van der Waals surface area contributed by atoms with Crippen molar-refractivity contribution in [3.63, 3.8) is 0 Å². The van der Waals surface area contributed by atoms with Crippen molar-refractivity contribution in [1.82, 2.24) is 5.32 Å². The molecule has 1 aliphatic heterocycles. The molecule has 2 aliphatic rings. The Kier molecular flexibility index (Phi) is 3.31. The lowest BCUT2D eigenvalue weighted by molar-refractivity contribution is -0.131. The first-order valence-electron chi connectivity index (χ1n) is 5.88. The van der Waals surface area contributed by atoms with Gasteiger partial charge in [0.25, 0.3) is 5.91 Å². The lowest BCUT2D eigenvalue weighted by atomic mass is 10.1. The molecular formula is C11H16N2O4. The number of rotatable bonds is 5. The molecule has 94 valence electrons. The first kappa shape index (κ1) is 11.9. The third-order valence-electron chi connectivity index (χ3n) is 3.12. The van der Waals surface area contributed by atoms with Crippen LogP contribution >= 0.6 is 0 Å². The van der Waals surface area contributed by atoms with Crippen molar-refractivity contribution < 1.29 is 19.5 Å². The zero-order valence-corrected chi connectivity index (χ0v) is 9.68. The van der Waals surface area contributed by atoms with Crippen LogP contribution in [0.15, 0.2) is 5.16 Å². The molecule has 17 heavy (non-hydrogen) atoms. The highest BCUT2D eigenvalue weighted by Gasteiger charge is 2.40. The fraction of sp³-hybridized carbons (Fsp3) is 0.727. The summed E-state index contributed by atoms with van der Waals surface area (Å²) in [5, 5.41) is 14.9. The van der Waals surface area contributed by atoms with Crippen LogP contribution in [0, 0.1) is 5.92 Å². The Morgan fingerprint density at radius 2 is 2.35 bits per heavy atom. The number of hydrogen-bond donors (Lipinski definition) is 2.